The molecule has 0 radical (unpaired) electrons. The lowest BCUT2D eigenvalue weighted by atomic mass is 10.0. The highest BCUT2D eigenvalue weighted by atomic mass is 16.6. The third-order valence-corrected chi connectivity index (χ3v) is 12.3. The van der Waals surface area contributed by atoms with Crippen LogP contribution in [0.25, 0.3) is 0 Å². The number of rotatable bonds is 52. The van der Waals surface area contributed by atoms with Gasteiger partial charge in [-0.1, -0.05) is 252 Å². The second kappa shape index (κ2) is 58.6. The predicted molar refractivity (Wildman–Crippen MR) is 307 cm³/mol. The van der Waals surface area contributed by atoms with Gasteiger partial charge in [-0.05, 0) is 103 Å². The quantitative estimate of drug-likeness (QED) is 0.0261. The van der Waals surface area contributed by atoms with Crippen molar-refractivity contribution in [1.82, 2.24) is 0 Å². The Morgan fingerprint density at radius 2 is 0.549 bits per heavy atom. The first-order valence-electron chi connectivity index (χ1n) is 29.4. The molecule has 1 unspecified atom stereocenters. The molecule has 0 saturated carbocycles. The van der Waals surface area contributed by atoms with Crippen LogP contribution < -0.4 is 0 Å². The monoisotopic (exact) mass is 985 g/mol. The van der Waals surface area contributed by atoms with E-state index in [1.54, 1.807) is 0 Å². The minimum absolute atomic E-state index is 0.0841. The maximum atomic E-state index is 12.8. The van der Waals surface area contributed by atoms with E-state index in [9.17, 15) is 14.4 Å². The van der Waals surface area contributed by atoms with Crippen LogP contribution >= 0.6 is 0 Å². The number of hydrogen-bond acceptors (Lipinski definition) is 6. The van der Waals surface area contributed by atoms with Gasteiger partial charge >= 0.3 is 17.9 Å². The Kier molecular flexibility index (Phi) is 55.4. The van der Waals surface area contributed by atoms with Crippen molar-refractivity contribution in [3.05, 3.63) is 109 Å². The Morgan fingerprint density at radius 1 is 0.296 bits per heavy atom. The number of carbonyl (C=O) groups excluding carboxylic acids is 3. The summed E-state index contributed by atoms with van der Waals surface area (Å²) in [5.41, 5.74) is 0. The normalized spacial score (nSPS) is 12.9. The first-order chi connectivity index (χ1) is 35.0. The molecule has 0 aromatic heterocycles. The van der Waals surface area contributed by atoms with Crippen LogP contribution in [0.3, 0.4) is 0 Å². The summed E-state index contributed by atoms with van der Waals surface area (Å²) in [6, 6.07) is 0. The molecule has 0 aliphatic rings. The van der Waals surface area contributed by atoms with Crippen molar-refractivity contribution < 1.29 is 28.6 Å². The van der Waals surface area contributed by atoms with Gasteiger partial charge in [-0.2, -0.15) is 0 Å². The molecule has 0 aromatic rings. The molecular weight excluding hydrogens is 877 g/mol. The molecule has 0 N–H and O–H groups in total. The lowest BCUT2D eigenvalue weighted by Crippen LogP contribution is -2.30. The van der Waals surface area contributed by atoms with Crippen LogP contribution in [0.15, 0.2) is 109 Å². The Balaban J connectivity index is 4.12. The second-order valence-corrected chi connectivity index (χ2v) is 19.1. The van der Waals surface area contributed by atoms with Crippen LogP contribution in [0, 0.1) is 0 Å². The molecule has 6 heteroatoms. The minimum Gasteiger partial charge on any atom is -0.462 e. The highest BCUT2D eigenvalue weighted by Gasteiger charge is 2.19. The van der Waals surface area contributed by atoms with Gasteiger partial charge in [0.1, 0.15) is 13.2 Å². The number of carbonyl (C=O) groups is 3. The zero-order valence-electron chi connectivity index (χ0n) is 46.2. The van der Waals surface area contributed by atoms with Crippen molar-refractivity contribution in [1.29, 1.82) is 0 Å². The summed E-state index contributed by atoms with van der Waals surface area (Å²) >= 11 is 0. The molecule has 0 amide bonds. The highest BCUT2D eigenvalue weighted by Crippen LogP contribution is 2.15. The van der Waals surface area contributed by atoms with Gasteiger partial charge in [0.25, 0.3) is 0 Å². The molecule has 404 valence electrons. The minimum atomic E-state index is -0.783. The molecule has 0 aliphatic heterocycles. The number of esters is 3. The van der Waals surface area contributed by atoms with Gasteiger partial charge in [0.15, 0.2) is 6.10 Å². The van der Waals surface area contributed by atoms with E-state index in [1.807, 2.05) is 0 Å². The molecule has 6 nitrogen and oxygen atoms in total. The number of allylic oxidation sites excluding steroid dienone is 18. The summed E-state index contributed by atoms with van der Waals surface area (Å²) in [4.78, 5) is 37.9. The molecule has 0 heterocycles. The Bertz CT molecular complexity index is 1460. The van der Waals surface area contributed by atoms with E-state index >= 15 is 0 Å². The van der Waals surface area contributed by atoms with Crippen LogP contribution in [-0.4, -0.2) is 37.2 Å². The molecular formula is C65H108O6. The van der Waals surface area contributed by atoms with Gasteiger partial charge in [-0.3, -0.25) is 14.4 Å². The van der Waals surface area contributed by atoms with Gasteiger partial charge in [0.05, 0.1) is 0 Å². The maximum Gasteiger partial charge on any atom is 0.306 e. The van der Waals surface area contributed by atoms with Crippen LogP contribution in [-0.2, 0) is 28.6 Å². The standard InChI is InChI=1S/C65H108O6/c1-4-7-10-13-15-17-19-21-23-25-27-29-31-32-34-35-37-39-41-43-45-47-49-52-55-58-64(67)70-61-62(60-69-63(66)57-54-51-12-9-6-3)71-65(68)59-56-53-50-48-46-44-42-40-38-36-33-30-28-26-24-22-20-18-16-14-11-8-5-2/h7-8,10-11,15-18,21-24,27-30,36,38,62H,4-6,9,12-14,19-20,25-26,31-35,37,39-61H2,1-3H3/b10-7-,11-8-,17-15-,18-16-,23-21-,24-22-,29-27-,30-28-,38-36-. The lowest BCUT2D eigenvalue weighted by molar-refractivity contribution is -0.167. The molecule has 0 fully saturated rings. The first kappa shape index (κ1) is 67.1. The first-order valence-corrected chi connectivity index (χ1v) is 29.4. The van der Waals surface area contributed by atoms with Crippen molar-refractivity contribution in [3.63, 3.8) is 0 Å². The Labute approximate surface area is 438 Å². The summed E-state index contributed by atoms with van der Waals surface area (Å²) in [6.45, 7) is 6.32. The van der Waals surface area contributed by atoms with Crippen LogP contribution in [0.1, 0.15) is 265 Å². The molecule has 0 aliphatic carbocycles. The van der Waals surface area contributed by atoms with Crippen molar-refractivity contribution in [3.8, 4) is 0 Å². The number of hydrogen-bond donors (Lipinski definition) is 0. The van der Waals surface area contributed by atoms with Crippen LogP contribution in [0.2, 0.25) is 0 Å². The van der Waals surface area contributed by atoms with E-state index in [2.05, 4.69) is 130 Å². The van der Waals surface area contributed by atoms with Crippen molar-refractivity contribution in [2.75, 3.05) is 13.2 Å². The summed E-state index contributed by atoms with van der Waals surface area (Å²) in [5.74, 6) is -0.909. The van der Waals surface area contributed by atoms with E-state index in [1.165, 1.54) is 96.3 Å². The average Bonchev–Trinajstić information content (AvgIpc) is 3.37. The molecule has 0 spiro atoms. The molecule has 0 saturated heterocycles. The van der Waals surface area contributed by atoms with E-state index in [0.717, 1.165) is 128 Å². The number of ether oxygens (including phenoxy) is 3. The van der Waals surface area contributed by atoms with E-state index in [0.29, 0.717) is 19.3 Å². The van der Waals surface area contributed by atoms with Crippen molar-refractivity contribution in [2.24, 2.45) is 0 Å². The fourth-order valence-corrected chi connectivity index (χ4v) is 7.93. The largest absolute Gasteiger partial charge is 0.462 e. The zero-order valence-corrected chi connectivity index (χ0v) is 46.2. The lowest BCUT2D eigenvalue weighted by Gasteiger charge is -2.18. The third kappa shape index (κ3) is 56.9. The van der Waals surface area contributed by atoms with E-state index in [-0.39, 0.29) is 31.1 Å². The van der Waals surface area contributed by atoms with E-state index < -0.39 is 6.10 Å². The van der Waals surface area contributed by atoms with Crippen molar-refractivity contribution >= 4 is 17.9 Å². The topological polar surface area (TPSA) is 78.9 Å². The summed E-state index contributed by atoms with van der Waals surface area (Å²) in [7, 11) is 0. The summed E-state index contributed by atoms with van der Waals surface area (Å²) in [6.07, 6.45) is 79.8. The zero-order chi connectivity index (χ0) is 51.4. The van der Waals surface area contributed by atoms with Crippen molar-refractivity contribution in [2.45, 2.75) is 271 Å². The predicted octanol–water partition coefficient (Wildman–Crippen LogP) is 19.9. The third-order valence-electron chi connectivity index (χ3n) is 12.3. The highest BCUT2D eigenvalue weighted by molar-refractivity contribution is 5.71. The van der Waals surface area contributed by atoms with Gasteiger partial charge in [-0.15, -0.1) is 0 Å². The molecule has 0 bridgehead atoms. The Morgan fingerprint density at radius 3 is 0.859 bits per heavy atom. The summed E-state index contributed by atoms with van der Waals surface area (Å²) in [5, 5.41) is 0. The SMILES string of the molecule is CC/C=C\C/C=C\C/C=C\C/C=C\C/C=C\CCCCCCCCCC(=O)OC(COC(=O)CCCCCCC)COC(=O)CCCCCCCCCCCCCC/C=C\C/C=C\C/C=C\C/C=C\CC. The molecule has 0 rings (SSSR count). The van der Waals surface area contributed by atoms with Gasteiger partial charge < -0.3 is 14.2 Å². The van der Waals surface area contributed by atoms with Gasteiger partial charge in [-0.25, -0.2) is 0 Å². The van der Waals surface area contributed by atoms with Gasteiger partial charge in [0.2, 0.25) is 0 Å². The number of unbranched alkanes of at least 4 members (excludes halogenated alkanes) is 23. The van der Waals surface area contributed by atoms with Crippen LogP contribution in [0.4, 0.5) is 0 Å². The fraction of sp³-hybridized carbons (Fsp3) is 0.677. The average molecular weight is 986 g/mol. The smallest absolute Gasteiger partial charge is 0.306 e. The maximum absolute atomic E-state index is 12.8. The fourth-order valence-electron chi connectivity index (χ4n) is 7.93. The second-order valence-electron chi connectivity index (χ2n) is 19.1. The molecule has 0 aromatic carbocycles. The molecule has 1 atom stereocenters. The van der Waals surface area contributed by atoms with Crippen LogP contribution in [0.5, 0.6) is 0 Å². The summed E-state index contributed by atoms with van der Waals surface area (Å²) < 4.78 is 16.7. The van der Waals surface area contributed by atoms with E-state index in [4.69, 9.17) is 14.2 Å². The Hall–Kier alpha value is -3.93. The van der Waals surface area contributed by atoms with Gasteiger partial charge in [0, 0.05) is 19.3 Å². The molecule has 71 heavy (non-hydrogen) atoms.